The van der Waals surface area contributed by atoms with Crippen molar-refractivity contribution in [3.8, 4) is 5.75 Å². The minimum absolute atomic E-state index is 0.0113. The summed E-state index contributed by atoms with van der Waals surface area (Å²) in [5.74, 6) is 0.0228. The Morgan fingerprint density at radius 3 is 2.93 bits per heavy atom. The Hall–Kier alpha value is -2.81. The minimum atomic E-state index is -0.483. The van der Waals surface area contributed by atoms with Crippen molar-refractivity contribution < 1.29 is 23.9 Å². The molecule has 0 bridgehead atoms. The molecule has 1 aliphatic heterocycles. The third kappa shape index (κ3) is 4.36. The molecule has 0 saturated heterocycles. The zero-order chi connectivity index (χ0) is 20.1. The van der Waals surface area contributed by atoms with Crippen molar-refractivity contribution >= 4 is 35.1 Å². The van der Waals surface area contributed by atoms with Crippen LogP contribution in [0.5, 0.6) is 5.75 Å². The van der Waals surface area contributed by atoms with Crippen LogP contribution in [0.1, 0.15) is 41.1 Å². The Morgan fingerprint density at radius 2 is 2.18 bits per heavy atom. The Balaban J connectivity index is 1.68. The van der Waals surface area contributed by atoms with E-state index in [-0.39, 0.29) is 36.4 Å². The molecule has 2 aromatic rings. The first-order valence-electron chi connectivity index (χ1n) is 8.98. The molecule has 0 aliphatic carbocycles. The van der Waals surface area contributed by atoms with Gasteiger partial charge in [0, 0.05) is 12.1 Å². The van der Waals surface area contributed by atoms with E-state index in [1.807, 2.05) is 6.92 Å². The van der Waals surface area contributed by atoms with Gasteiger partial charge in [-0.15, -0.1) is 0 Å². The van der Waals surface area contributed by atoms with Gasteiger partial charge in [-0.1, -0.05) is 18.7 Å². The number of nitrogens with one attached hydrogen (secondary N) is 1. The monoisotopic (exact) mass is 403 g/mol. The van der Waals surface area contributed by atoms with E-state index in [0.717, 1.165) is 6.42 Å². The summed E-state index contributed by atoms with van der Waals surface area (Å²) in [6, 6.07) is 5.10. The normalized spacial score (nSPS) is 13.1. The Kier molecular flexibility index (Phi) is 6.35. The number of anilines is 1. The number of ether oxygens (including phenoxy) is 2. The van der Waals surface area contributed by atoms with Gasteiger partial charge in [0.2, 0.25) is 0 Å². The molecule has 1 N–H and O–H groups in total. The number of carbonyl (C=O) groups is 3. The number of nitrogens with zero attached hydrogens (tertiary/aromatic N) is 2. The molecular weight excluding hydrogens is 382 g/mol. The second kappa shape index (κ2) is 8.92. The number of aromatic nitrogens is 2. The van der Waals surface area contributed by atoms with E-state index in [2.05, 4.69) is 9.97 Å². The summed E-state index contributed by atoms with van der Waals surface area (Å²) in [5, 5.41) is 0.459. The molecule has 0 spiro atoms. The number of hydrogen-bond acceptors (Lipinski definition) is 7. The van der Waals surface area contributed by atoms with Crippen molar-refractivity contribution in [3.63, 3.8) is 0 Å². The summed E-state index contributed by atoms with van der Waals surface area (Å²) in [7, 11) is 0. The number of imidazole rings is 1. The molecule has 28 heavy (non-hydrogen) atoms. The fraction of sp³-hybridized carbons (Fsp3) is 0.368. The van der Waals surface area contributed by atoms with E-state index in [0.29, 0.717) is 28.7 Å². The fourth-order valence-corrected chi connectivity index (χ4v) is 3.49. The van der Waals surface area contributed by atoms with Crippen LogP contribution in [-0.4, -0.2) is 53.1 Å². The molecule has 1 amide bonds. The highest BCUT2D eigenvalue weighted by atomic mass is 32.2. The number of carbonyl (C=O) groups excluding carboxylic acids is 3. The van der Waals surface area contributed by atoms with Crippen LogP contribution in [0.4, 0.5) is 5.69 Å². The first-order valence-corrected chi connectivity index (χ1v) is 9.97. The van der Waals surface area contributed by atoms with Crippen LogP contribution in [0.15, 0.2) is 29.6 Å². The number of ketones is 1. The van der Waals surface area contributed by atoms with Gasteiger partial charge >= 0.3 is 5.97 Å². The molecule has 0 radical (unpaired) electrons. The average molecular weight is 403 g/mol. The summed E-state index contributed by atoms with van der Waals surface area (Å²) in [4.78, 5) is 44.9. The molecule has 0 atom stereocenters. The van der Waals surface area contributed by atoms with E-state index < -0.39 is 5.97 Å². The number of amides is 1. The lowest BCUT2D eigenvalue weighted by Crippen LogP contribution is -2.39. The van der Waals surface area contributed by atoms with Crippen LogP contribution < -0.4 is 9.64 Å². The van der Waals surface area contributed by atoms with Gasteiger partial charge in [0.15, 0.2) is 17.5 Å². The number of Topliss-reactive ketones (excluding diaryl/α,β-unsaturated/α-hetero) is 1. The summed E-state index contributed by atoms with van der Waals surface area (Å²) in [5.41, 5.74) is 1.36. The number of thioether (sulfide) groups is 1. The predicted molar refractivity (Wildman–Crippen MR) is 104 cm³/mol. The molecular formula is C19H21N3O5S. The SMILES string of the molecule is CCCN1C(=O)COc2ccc(C(=O)CSc3ncc(C(=O)OCC)[nH]3)cc21. The van der Waals surface area contributed by atoms with Crippen LogP contribution in [0.2, 0.25) is 0 Å². The first kappa shape index (κ1) is 19.9. The van der Waals surface area contributed by atoms with Gasteiger partial charge in [-0.25, -0.2) is 9.78 Å². The number of fused-ring (bicyclic) bond motifs is 1. The van der Waals surface area contributed by atoms with E-state index in [4.69, 9.17) is 9.47 Å². The molecule has 1 aromatic heterocycles. The molecule has 148 valence electrons. The maximum absolute atomic E-state index is 12.6. The van der Waals surface area contributed by atoms with Crippen molar-refractivity contribution in [2.45, 2.75) is 25.4 Å². The highest BCUT2D eigenvalue weighted by molar-refractivity contribution is 7.99. The van der Waals surface area contributed by atoms with Gasteiger partial charge < -0.3 is 19.4 Å². The van der Waals surface area contributed by atoms with Gasteiger partial charge in [-0.3, -0.25) is 9.59 Å². The zero-order valence-corrected chi connectivity index (χ0v) is 16.5. The maximum Gasteiger partial charge on any atom is 0.356 e. The van der Waals surface area contributed by atoms with Crippen LogP contribution >= 0.6 is 11.8 Å². The van der Waals surface area contributed by atoms with E-state index >= 15 is 0 Å². The molecule has 0 saturated carbocycles. The van der Waals surface area contributed by atoms with Crippen molar-refractivity contribution in [1.82, 2.24) is 9.97 Å². The summed E-state index contributed by atoms with van der Waals surface area (Å²) in [6.07, 6.45) is 2.19. The molecule has 9 heteroatoms. The van der Waals surface area contributed by atoms with E-state index in [9.17, 15) is 14.4 Å². The topological polar surface area (TPSA) is 102 Å². The van der Waals surface area contributed by atoms with Crippen molar-refractivity contribution in [1.29, 1.82) is 0 Å². The molecule has 2 heterocycles. The van der Waals surface area contributed by atoms with E-state index in [1.165, 1.54) is 18.0 Å². The number of H-pyrrole nitrogens is 1. The number of hydrogen-bond donors (Lipinski definition) is 1. The van der Waals surface area contributed by atoms with Crippen LogP contribution in [0, 0.1) is 0 Å². The first-order chi connectivity index (χ1) is 13.5. The lowest BCUT2D eigenvalue weighted by molar-refractivity contribution is -0.121. The fourth-order valence-electron chi connectivity index (χ4n) is 2.75. The third-order valence-electron chi connectivity index (χ3n) is 4.06. The largest absolute Gasteiger partial charge is 0.482 e. The van der Waals surface area contributed by atoms with Crippen molar-refractivity contribution in [3.05, 3.63) is 35.7 Å². The highest BCUT2D eigenvalue weighted by Crippen LogP contribution is 2.33. The highest BCUT2D eigenvalue weighted by Gasteiger charge is 2.26. The second-order valence-corrected chi connectivity index (χ2v) is 7.01. The second-order valence-electron chi connectivity index (χ2n) is 6.05. The van der Waals surface area contributed by atoms with Crippen LogP contribution in [0.25, 0.3) is 0 Å². The molecule has 0 fully saturated rings. The van der Waals surface area contributed by atoms with Gasteiger partial charge in [0.1, 0.15) is 11.4 Å². The summed E-state index contributed by atoms with van der Waals surface area (Å²) < 4.78 is 10.4. The third-order valence-corrected chi connectivity index (χ3v) is 4.95. The molecule has 1 aliphatic rings. The number of rotatable bonds is 8. The zero-order valence-electron chi connectivity index (χ0n) is 15.7. The van der Waals surface area contributed by atoms with Crippen molar-refractivity contribution in [2.24, 2.45) is 0 Å². The molecule has 0 unspecified atom stereocenters. The van der Waals surface area contributed by atoms with E-state index in [1.54, 1.807) is 30.0 Å². The minimum Gasteiger partial charge on any atom is -0.482 e. The Labute approximate surface area is 166 Å². The number of benzene rings is 1. The number of esters is 1. The maximum atomic E-state index is 12.6. The van der Waals surface area contributed by atoms with Crippen molar-refractivity contribution in [2.75, 3.05) is 30.4 Å². The smallest absolute Gasteiger partial charge is 0.356 e. The summed E-state index contributed by atoms with van der Waals surface area (Å²) >= 11 is 1.19. The average Bonchev–Trinajstić information content (AvgIpc) is 3.17. The van der Waals surface area contributed by atoms with Gasteiger partial charge in [-0.2, -0.15) is 0 Å². The Bertz CT molecular complexity index is 895. The lowest BCUT2D eigenvalue weighted by atomic mass is 10.1. The van der Waals surface area contributed by atoms with Crippen LogP contribution in [0.3, 0.4) is 0 Å². The molecule has 8 nitrogen and oxygen atoms in total. The summed E-state index contributed by atoms with van der Waals surface area (Å²) in [6.45, 7) is 4.57. The number of aromatic amines is 1. The molecule has 3 rings (SSSR count). The van der Waals surface area contributed by atoms with Gasteiger partial charge in [-0.05, 0) is 31.5 Å². The van der Waals surface area contributed by atoms with Gasteiger partial charge in [0.25, 0.3) is 5.91 Å². The van der Waals surface area contributed by atoms with Crippen LogP contribution in [-0.2, 0) is 9.53 Å². The van der Waals surface area contributed by atoms with Gasteiger partial charge in [0.05, 0.1) is 24.2 Å². The molecule has 1 aromatic carbocycles. The quantitative estimate of drug-likeness (QED) is 0.411. The lowest BCUT2D eigenvalue weighted by Gasteiger charge is -2.29. The standard InChI is InChI=1S/C19H21N3O5S/c1-3-7-22-14-8-12(5-6-16(14)27-10-17(22)24)15(23)11-28-19-20-9-13(21-19)18(25)26-4-2/h5-6,8-9H,3-4,7,10-11H2,1-2H3,(H,20,21). The predicted octanol–water partition coefficient (Wildman–Crippen LogP) is 2.70. The Morgan fingerprint density at radius 1 is 1.36 bits per heavy atom.